The minimum Gasteiger partial charge on any atom is -0.370 e. The third-order valence-corrected chi connectivity index (χ3v) is 3.64. The summed E-state index contributed by atoms with van der Waals surface area (Å²) in [7, 11) is 0. The first kappa shape index (κ1) is 14.0. The molecule has 0 radical (unpaired) electrons. The summed E-state index contributed by atoms with van der Waals surface area (Å²) in [6.45, 7) is 11.7. The maximum atomic E-state index is 5.94. The summed E-state index contributed by atoms with van der Waals surface area (Å²) in [5, 5.41) is 0. The molecule has 18 heavy (non-hydrogen) atoms. The summed E-state index contributed by atoms with van der Waals surface area (Å²) in [4.78, 5) is 2.44. The van der Waals surface area contributed by atoms with Crippen molar-refractivity contribution in [3.05, 3.63) is 33.8 Å². The van der Waals surface area contributed by atoms with E-state index >= 15 is 0 Å². The van der Waals surface area contributed by atoms with E-state index in [1.807, 2.05) is 0 Å². The number of benzene rings is 1. The number of hydrogen-bond acceptors (Lipinski definition) is 2. The highest BCUT2D eigenvalue weighted by Crippen LogP contribution is 2.23. The fourth-order valence-corrected chi connectivity index (χ4v) is 2.78. The van der Waals surface area contributed by atoms with Crippen LogP contribution in [0.3, 0.4) is 0 Å². The van der Waals surface area contributed by atoms with Crippen LogP contribution in [0.4, 0.5) is 0 Å². The van der Waals surface area contributed by atoms with Gasteiger partial charge in [0.15, 0.2) is 0 Å². The van der Waals surface area contributed by atoms with Gasteiger partial charge < -0.3 is 4.74 Å². The monoisotopic (exact) mass is 311 g/mol. The van der Waals surface area contributed by atoms with Crippen LogP contribution in [0.5, 0.6) is 0 Å². The van der Waals surface area contributed by atoms with Gasteiger partial charge in [0.05, 0.1) is 11.7 Å². The predicted molar refractivity (Wildman–Crippen MR) is 78.8 cm³/mol. The lowest BCUT2D eigenvalue weighted by atomic mass is 10.0. The Bertz CT molecular complexity index is 419. The standard InChI is InChI=1S/C15H22BrNO/c1-11-7-13(16)6-5-12(11)8-17-9-14(10-17)18-15(2,3)4/h5-7,14H,8-10H2,1-4H3. The molecule has 3 heteroatoms. The van der Waals surface area contributed by atoms with Crippen LogP contribution in [0.15, 0.2) is 22.7 Å². The fourth-order valence-electron chi connectivity index (χ4n) is 2.30. The minimum absolute atomic E-state index is 0.0235. The van der Waals surface area contributed by atoms with Crippen LogP contribution >= 0.6 is 15.9 Å². The molecule has 0 saturated carbocycles. The molecule has 2 rings (SSSR count). The summed E-state index contributed by atoms with van der Waals surface area (Å²) in [6, 6.07) is 6.50. The van der Waals surface area contributed by atoms with E-state index in [0.717, 1.165) is 24.1 Å². The third-order valence-electron chi connectivity index (χ3n) is 3.14. The fraction of sp³-hybridized carbons (Fsp3) is 0.600. The van der Waals surface area contributed by atoms with Crippen molar-refractivity contribution in [2.24, 2.45) is 0 Å². The lowest BCUT2D eigenvalue weighted by Gasteiger charge is -2.42. The normalized spacial score (nSPS) is 17.8. The van der Waals surface area contributed by atoms with Crippen molar-refractivity contribution >= 4 is 15.9 Å². The molecule has 2 nitrogen and oxygen atoms in total. The molecule has 0 N–H and O–H groups in total. The Kier molecular flexibility index (Phi) is 4.15. The first-order chi connectivity index (χ1) is 8.33. The Morgan fingerprint density at radius 1 is 1.33 bits per heavy atom. The molecular formula is C15H22BrNO. The molecule has 0 aromatic heterocycles. The zero-order valence-electron chi connectivity index (χ0n) is 11.7. The second-order valence-corrected chi connectivity index (χ2v) is 7.03. The first-order valence-electron chi connectivity index (χ1n) is 6.49. The lowest BCUT2D eigenvalue weighted by Crippen LogP contribution is -2.53. The molecule has 1 heterocycles. The van der Waals surface area contributed by atoms with Gasteiger partial charge >= 0.3 is 0 Å². The Morgan fingerprint density at radius 2 is 2.00 bits per heavy atom. The summed E-state index contributed by atoms with van der Waals surface area (Å²) < 4.78 is 7.10. The smallest absolute Gasteiger partial charge is 0.0836 e. The van der Waals surface area contributed by atoms with E-state index in [1.165, 1.54) is 11.1 Å². The van der Waals surface area contributed by atoms with Crippen LogP contribution in [0.25, 0.3) is 0 Å². The van der Waals surface area contributed by atoms with Crippen LogP contribution in [0.1, 0.15) is 31.9 Å². The van der Waals surface area contributed by atoms with Crippen molar-refractivity contribution in [2.45, 2.75) is 45.9 Å². The quantitative estimate of drug-likeness (QED) is 0.843. The molecule has 1 aliphatic heterocycles. The Labute approximate surface area is 118 Å². The van der Waals surface area contributed by atoms with Crippen molar-refractivity contribution < 1.29 is 4.74 Å². The molecule has 0 spiro atoms. The highest BCUT2D eigenvalue weighted by molar-refractivity contribution is 9.10. The molecular weight excluding hydrogens is 290 g/mol. The molecule has 1 aliphatic rings. The van der Waals surface area contributed by atoms with E-state index < -0.39 is 0 Å². The van der Waals surface area contributed by atoms with Gasteiger partial charge in [-0.2, -0.15) is 0 Å². The van der Waals surface area contributed by atoms with Gasteiger partial charge in [-0.1, -0.05) is 22.0 Å². The van der Waals surface area contributed by atoms with E-state index in [1.54, 1.807) is 0 Å². The van der Waals surface area contributed by atoms with Crippen LogP contribution < -0.4 is 0 Å². The molecule has 0 amide bonds. The number of hydrogen-bond donors (Lipinski definition) is 0. The third kappa shape index (κ3) is 3.81. The van der Waals surface area contributed by atoms with Gasteiger partial charge in [0.25, 0.3) is 0 Å². The van der Waals surface area contributed by atoms with Crippen LogP contribution in [0.2, 0.25) is 0 Å². The highest BCUT2D eigenvalue weighted by atomic mass is 79.9. The van der Waals surface area contributed by atoms with Crippen molar-refractivity contribution in [1.29, 1.82) is 0 Å². The molecule has 0 aliphatic carbocycles. The molecule has 1 aromatic carbocycles. The topological polar surface area (TPSA) is 12.5 Å². The Hall–Kier alpha value is -0.380. The van der Waals surface area contributed by atoms with E-state index in [9.17, 15) is 0 Å². The van der Waals surface area contributed by atoms with Crippen LogP contribution in [-0.4, -0.2) is 29.7 Å². The highest BCUT2D eigenvalue weighted by Gasteiger charge is 2.30. The molecule has 0 atom stereocenters. The minimum atomic E-state index is -0.0235. The maximum absolute atomic E-state index is 5.94. The summed E-state index contributed by atoms with van der Waals surface area (Å²) in [5.41, 5.74) is 2.74. The van der Waals surface area contributed by atoms with Crippen molar-refractivity contribution in [1.82, 2.24) is 4.90 Å². The number of ether oxygens (including phenoxy) is 1. The van der Waals surface area contributed by atoms with Gasteiger partial charge in [-0.3, -0.25) is 4.90 Å². The van der Waals surface area contributed by atoms with Gasteiger partial charge in [0.1, 0.15) is 0 Å². The van der Waals surface area contributed by atoms with E-state index in [-0.39, 0.29) is 5.60 Å². The zero-order valence-corrected chi connectivity index (χ0v) is 13.3. The number of aryl methyl sites for hydroxylation is 1. The number of nitrogens with zero attached hydrogens (tertiary/aromatic N) is 1. The van der Waals surface area contributed by atoms with Gasteiger partial charge in [-0.15, -0.1) is 0 Å². The second kappa shape index (κ2) is 5.32. The van der Waals surface area contributed by atoms with Gasteiger partial charge in [-0.25, -0.2) is 0 Å². The zero-order chi connectivity index (χ0) is 13.3. The van der Waals surface area contributed by atoms with Gasteiger partial charge in [0, 0.05) is 24.1 Å². The largest absolute Gasteiger partial charge is 0.370 e. The first-order valence-corrected chi connectivity index (χ1v) is 7.28. The van der Waals surface area contributed by atoms with Crippen LogP contribution in [0, 0.1) is 6.92 Å². The Balaban J connectivity index is 1.83. The average molecular weight is 312 g/mol. The molecule has 0 unspecified atom stereocenters. The summed E-state index contributed by atoms with van der Waals surface area (Å²) in [6.07, 6.45) is 0.403. The van der Waals surface area contributed by atoms with Gasteiger partial charge in [0.2, 0.25) is 0 Å². The molecule has 1 saturated heterocycles. The summed E-state index contributed by atoms with van der Waals surface area (Å²) in [5.74, 6) is 0. The lowest BCUT2D eigenvalue weighted by molar-refractivity contribution is -0.126. The van der Waals surface area contributed by atoms with E-state index in [4.69, 9.17) is 4.74 Å². The number of halogens is 1. The average Bonchev–Trinajstić information content (AvgIpc) is 2.16. The molecule has 100 valence electrons. The van der Waals surface area contributed by atoms with Crippen molar-refractivity contribution in [3.8, 4) is 0 Å². The summed E-state index contributed by atoms with van der Waals surface area (Å²) >= 11 is 3.50. The van der Waals surface area contributed by atoms with E-state index in [0.29, 0.717) is 6.10 Å². The molecule has 0 bridgehead atoms. The SMILES string of the molecule is Cc1cc(Br)ccc1CN1CC(OC(C)(C)C)C1. The van der Waals surface area contributed by atoms with Gasteiger partial charge in [-0.05, 0) is 51.0 Å². The van der Waals surface area contributed by atoms with Crippen LogP contribution in [-0.2, 0) is 11.3 Å². The van der Waals surface area contributed by atoms with Crippen molar-refractivity contribution in [2.75, 3.05) is 13.1 Å². The van der Waals surface area contributed by atoms with E-state index in [2.05, 4.69) is 66.7 Å². The molecule has 1 aromatic rings. The number of rotatable bonds is 3. The Morgan fingerprint density at radius 3 is 2.56 bits per heavy atom. The second-order valence-electron chi connectivity index (χ2n) is 6.12. The molecule has 1 fully saturated rings. The number of likely N-dealkylation sites (tertiary alicyclic amines) is 1. The maximum Gasteiger partial charge on any atom is 0.0836 e. The van der Waals surface area contributed by atoms with Crippen molar-refractivity contribution in [3.63, 3.8) is 0 Å². The predicted octanol–water partition coefficient (Wildman–Crippen LogP) is 3.76.